The topological polar surface area (TPSA) is 131 Å². The molecule has 208 valence electrons. The number of aryl methyl sites for hydroxylation is 1. The van der Waals surface area contributed by atoms with Crippen molar-refractivity contribution in [1.29, 1.82) is 0 Å². The van der Waals surface area contributed by atoms with Crippen LogP contribution in [0.15, 0.2) is 66.7 Å². The minimum atomic E-state index is -1.05. The predicted molar refractivity (Wildman–Crippen MR) is 163 cm³/mol. The number of hydrogen-bond donors (Lipinski definition) is 3. The monoisotopic (exact) mass is 585 g/mol. The summed E-state index contributed by atoms with van der Waals surface area (Å²) in [7, 11) is 0. The molecule has 0 atom stereocenters. The molecule has 5 aromatic rings. The standard InChI is InChI=1S/C30H27N5O4S2/c31-19-10-12-20(13-11-19)39-16-4-9-25-26(28(37)38)33-30(41-25)35-15-14-18-5-3-6-21(22(18)17-35)27(36)34-29-32-23-7-1-2-8-24(23)40-29/h1-3,5-8,10-13H,4,9,14-17,31H2,(H,37,38)(H,32,34,36). The predicted octanol–water partition coefficient (Wildman–Crippen LogP) is 5.86. The SMILES string of the molecule is Nc1ccc(OCCCc2sc(N3CCc4cccc(C(=O)Nc5nc6ccccc6s5)c4C3)nc2C(=O)O)cc1. The van der Waals surface area contributed by atoms with E-state index in [1.165, 1.54) is 22.7 Å². The van der Waals surface area contributed by atoms with Gasteiger partial charge in [0.25, 0.3) is 5.91 Å². The fourth-order valence-corrected chi connectivity index (χ4v) is 6.82. The summed E-state index contributed by atoms with van der Waals surface area (Å²) in [5.41, 5.74) is 9.92. The van der Waals surface area contributed by atoms with Crippen LogP contribution >= 0.6 is 22.7 Å². The highest BCUT2D eigenvalue weighted by molar-refractivity contribution is 7.22. The van der Waals surface area contributed by atoms with Crippen LogP contribution in [0.25, 0.3) is 10.2 Å². The number of carbonyl (C=O) groups is 2. The number of benzene rings is 3. The Morgan fingerprint density at radius 1 is 1.02 bits per heavy atom. The first-order valence-electron chi connectivity index (χ1n) is 13.2. The normalized spacial score (nSPS) is 12.7. The van der Waals surface area contributed by atoms with Crippen molar-refractivity contribution in [3.63, 3.8) is 0 Å². The quantitative estimate of drug-likeness (QED) is 0.145. The highest BCUT2D eigenvalue weighted by Gasteiger charge is 2.26. The van der Waals surface area contributed by atoms with Gasteiger partial charge in [-0.3, -0.25) is 10.1 Å². The number of carboxylic acids is 1. The van der Waals surface area contributed by atoms with Crippen LogP contribution in [0.3, 0.4) is 0 Å². The molecule has 0 saturated carbocycles. The van der Waals surface area contributed by atoms with Crippen molar-refractivity contribution < 1.29 is 19.4 Å². The highest BCUT2D eigenvalue weighted by Crippen LogP contribution is 2.33. The van der Waals surface area contributed by atoms with Gasteiger partial charge >= 0.3 is 5.97 Å². The molecule has 0 aliphatic carbocycles. The summed E-state index contributed by atoms with van der Waals surface area (Å²) < 4.78 is 6.78. The number of nitrogens with one attached hydrogen (secondary N) is 1. The molecule has 11 heteroatoms. The molecule has 0 fully saturated rings. The second-order valence-corrected chi connectivity index (χ2v) is 11.7. The molecule has 2 aromatic heterocycles. The van der Waals surface area contributed by atoms with E-state index in [0.29, 0.717) is 58.9 Å². The van der Waals surface area contributed by atoms with E-state index in [-0.39, 0.29) is 11.6 Å². The van der Waals surface area contributed by atoms with Crippen LogP contribution < -0.4 is 20.7 Å². The molecule has 0 radical (unpaired) electrons. The number of nitrogens with two attached hydrogens (primary N) is 1. The van der Waals surface area contributed by atoms with Gasteiger partial charge in [-0.1, -0.05) is 35.6 Å². The molecule has 3 aromatic carbocycles. The van der Waals surface area contributed by atoms with Crippen molar-refractivity contribution in [2.45, 2.75) is 25.8 Å². The van der Waals surface area contributed by atoms with Gasteiger partial charge in [-0.05, 0) is 72.9 Å². The number of para-hydroxylation sites is 1. The summed E-state index contributed by atoms with van der Waals surface area (Å²) in [6.45, 7) is 1.59. The number of aromatic carboxylic acids is 1. The molecule has 1 amide bonds. The Morgan fingerprint density at radius 2 is 1.85 bits per heavy atom. The highest BCUT2D eigenvalue weighted by atomic mass is 32.1. The number of carbonyl (C=O) groups excluding carboxylic acids is 1. The van der Waals surface area contributed by atoms with Gasteiger partial charge in [0, 0.05) is 29.2 Å². The van der Waals surface area contributed by atoms with E-state index >= 15 is 0 Å². The Balaban J connectivity index is 1.16. The van der Waals surface area contributed by atoms with Crippen LogP contribution in [-0.2, 0) is 19.4 Å². The van der Waals surface area contributed by atoms with Crippen LogP contribution in [0, 0.1) is 0 Å². The second-order valence-electron chi connectivity index (χ2n) is 9.65. The maximum Gasteiger partial charge on any atom is 0.355 e. The van der Waals surface area contributed by atoms with Crippen LogP contribution in [-0.4, -0.2) is 40.1 Å². The minimum absolute atomic E-state index is 0.0742. The number of ether oxygens (including phenoxy) is 1. The maximum absolute atomic E-state index is 13.3. The Morgan fingerprint density at radius 3 is 2.66 bits per heavy atom. The first-order valence-corrected chi connectivity index (χ1v) is 14.8. The van der Waals surface area contributed by atoms with E-state index in [4.69, 9.17) is 10.5 Å². The third-order valence-electron chi connectivity index (χ3n) is 6.89. The van der Waals surface area contributed by atoms with Crippen LogP contribution in [0.5, 0.6) is 5.75 Å². The van der Waals surface area contributed by atoms with Gasteiger partial charge in [0.2, 0.25) is 0 Å². The van der Waals surface area contributed by atoms with E-state index in [9.17, 15) is 14.7 Å². The number of nitrogens with zero attached hydrogens (tertiary/aromatic N) is 3. The lowest BCUT2D eigenvalue weighted by molar-refractivity contribution is 0.0690. The van der Waals surface area contributed by atoms with Crippen molar-refractivity contribution in [2.24, 2.45) is 0 Å². The summed E-state index contributed by atoms with van der Waals surface area (Å²) in [4.78, 5) is 37.2. The van der Waals surface area contributed by atoms with E-state index in [1.54, 1.807) is 12.1 Å². The van der Waals surface area contributed by atoms with Crippen LogP contribution in [0.1, 0.15) is 43.3 Å². The van der Waals surface area contributed by atoms with Crippen LogP contribution in [0.4, 0.5) is 16.0 Å². The van der Waals surface area contributed by atoms with Gasteiger partial charge in [-0.25, -0.2) is 14.8 Å². The Bertz CT molecular complexity index is 1700. The molecule has 0 spiro atoms. The summed E-state index contributed by atoms with van der Waals surface area (Å²) in [5, 5.41) is 14.0. The first-order chi connectivity index (χ1) is 19.9. The largest absolute Gasteiger partial charge is 0.494 e. The van der Waals surface area contributed by atoms with Gasteiger partial charge < -0.3 is 20.5 Å². The lowest BCUT2D eigenvalue weighted by Gasteiger charge is -2.29. The summed E-state index contributed by atoms with van der Waals surface area (Å²) in [5.74, 6) is -0.539. The molecule has 41 heavy (non-hydrogen) atoms. The fourth-order valence-electron chi connectivity index (χ4n) is 4.84. The molecule has 9 nitrogen and oxygen atoms in total. The minimum Gasteiger partial charge on any atom is -0.494 e. The lowest BCUT2D eigenvalue weighted by Crippen LogP contribution is -2.32. The molecule has 0 bridgehead atoms. The van der Waals surface area contributed by atoms with Gasteiger partial charge in [0.1, 0.15) is 5.75 Å². The molecule has 1 aliphatic heterocycles. The number of anilines is 3. The van der Waals surface area contributed by atoms with E-state index in [0.717, 1.165) is 33.5 Å². The molecule has 0 saturated heterocycles. The zero-order valence-electron chi connectivity index (χ0n) is 22.0. The molecule has 0 unspecified atom stereocenters. The second kappa shape index (κ2) is 11.6. The summed E-state index contributed by atoms with van der Waals surface area (Å²) in [6, 6.07) is 20.7. The number of hydrogen-bond acceptors (Lipinski definition) is 9. The van der Waals surface area contributed by atoms with E-state index in [2.05, 4.69) is 20.2 Å². The average molecular weight is 586 g/mol. The van der Waals surface area contributed by atoms with Gasteiger partial charge in [0.05, 0.1) is 16.8 Å². The third kappa shape index (κ3) is 5.86. The molecule has 4 N–H and O–H groups in total. The number of rotatable bonds is 9. The van der Waals surface area contributed by atoms with E-state index in [1.807, 2.05) is 54.6 Å². The zero-order valence-corrected chi connectivity index (χ0v) is 23.6. The number of fused-ring (bicyclic) bond motifs is 2. The molecule has 3 heterocycles. The number of thiazole rings is 2. The van der Waals surface area contributed by atoms with Crippen LogP contribution in [0.2, 0.25) is 0 Å². The number of aromatic nitrogens is 2. The van der Waals surface area contributed by atoms with E-state index < -0.39 is 5.97 Å². The van der Waals surface area contributed by atoms with Gasteiger partial charge in [-0.15, -0.1) is 11.3 Å². The lowest BCUT2D eigenvalue weighted by atomic mass is 9.94. The van der Waals surface area contributed by atoms with Crippen molar-refractivity contribution in [3.05, 3.63) is 94.0 Å². The summed E-state index contributed by atoms with van der Waals surface area (Å²) >= 11 is 2.83. The maximum atomic E-state index is 13.3. The third-order valence-corrected chi connectivity index (χ3v) is 9.02. The van der Waals surface area contributed by atoms with Crippen molar-refractivity contribution in [3.8, 4) is 5.75 Å². The van der Waals surface area contributed by atoms with Crippen molar-refractivity contribution >= 4 is 60.7 Å². The summed E-state index contributed by atoms with van der Waals surface area (Å²) in [6.07, 6.45) is 1.91. The Hall–Kier alpha value is -4.48. The first kappa shape index (κ1) is 26.7. The molecular formula is C30H27N5O4S2. The Kier molecular flexibility index (Phi) is 7.53. The zero-order chi connectivity index (χ0) is 28.3. The van der Waals surface area contributed by atoms with Gasteiger partial charge in [-0.2, -0.15) is 0 Å². The fraction of sp³-hybridized carbons (Fsp3) is 0.200. The number of nitrogen functional groups attached to an aromatic ring is 1. The molecule has 6 rings (SSSR count). The molecular weight excluding hydrogens is 558 g/mol. The Labute approximate surface area is 244 Å². The average Bonchev–Trinajstić information content (AvgIpc) is 3.59. The molecule has 1 aliphatic rings. The smallest absolute Gasteiger partial charge is 0.355 e. The number of amides is 1. The van der Waals surface area contributed by atoms with Crippen molar-refractivity contribution in [2.75, 3.05) is 29.1 Å². The number of carboxylic acid groups (broad SMARTS) is 1. The van der Waals surface area contributed by atoms with Gasteiger partial charge in [0.15, 0.2) is 16.0 Å². The van der Waals surface area contributed by atoms with Crippen molar-refractivity contribution in [1.82, 2.24) is 9.97 Å².